The molecule has 0 aromatic carbocycles. The first-order valence-corrected chi connectivity index (χ1v) is 6.56. The van der Waals surface area contributed by atoms with E-state index in [9.17, 15) is 0 Å². The van der Waals surface area contributed by atoms with Gasteiger partial charge in [0.25, 0.3) is 0 Å². The van der Waals surface area contributed by atoms with Crippen molar-refractivity contribution in [2.45, 2.75) is 25.0 Å². The quantitative estimate of drug-likeness (QED) is 0.703. The van der Waals surface area contributed by atoms with Crippen LogP contribution in [0.2, 0.25) is 0 Å². The first-order valence-electron chi connectivity index (χ1n) is 5.27. The van der Waals surface area contributed by atoms with Crippen molar-refractivity contribution in [3.8, 4) is 0 Å². The predicted molar refractivity (Wildman–Crippen MR) is 61.4 cm³/mol. The fraction of sp³-hybridized carbons (Fsp3) is 1.00. The Hall–Kier alpha value is 0.270. The molecule has 1 aliphatic heterocycles. The molecule has 0 aromatic heterocycles. The van der Waals surface area contributed by atoms with Crippen LogP contribution < -0.4 is 10.6 Å². The van der Waals surface area contributed by atoms with E-state index in [4.69, 9.17) is 0 Å². The molecule has 0 radical (unpaired) electrons. The van der Waals surface area contributed by atoms with E-state index in [0.717, 1.165) is 17.7 Å². The van der Waals surface area contributed by atoms with Crippen LogP contribution in [0.25, 0.3) is 0 Å². The lowest BCUT2D eigenvalue weighted by atomic mass is 10.00. The van der Waals surface area contributed by atoms with Crippen LogP contribution in [0.1, 0.15) is 19.8 Å². The molecule has 2 atom stereocenters. The number of nitrogens with one attached hydrogen (secondary N) is 2. The van der Waals surface area contributed by atoms with Gasteiger partial charge >= 0.3 is 0 Å². The predicted octanol–water partition coefficient (Wildman–Crippen LogP) is 1.33. The molecule has 0 bridgehead atoms. The standard InChI is InChI=1S/C10H22N2S/c1-9(13-2)6-12-8-10-4-3-5-11-7-10/h9-12H,3-8H2,1-2H3. The lowest BCUT2D eigenvalue weighted by Gasteiger charge is -2.23. The smallest absolute Gasteiger partial charge is 0.0141 e. The second-order valence-corrected chi connectivity index (χ2v) is 5.19. The van der Waals surface area contributed by atoms with Gasteiger partial charge in [0.15, 0.2) is 0 Å². The minimum atomic E-state index is 0.747. The van der Waals surface area contributed by atoms with Crippen molar-refractivity contribution in [2.24, 2.45) is 5.92 Å². The van der Waals surface area contributed by atoms with E-state index < -0.39 is 0 Å². The van der Waals surface area contributed by atoms with E-state index in [1.165, 1.54) is 32.5 Å². The molecule has 0 spiro atoms. The zero-order chi connectivity index (χ0) is 9.52. The average Bonchev–Trinajstić information content (AvgIpc) is 2.19. The highest BCUT2D eigenvalue weighted by atomic mass is 32.2. The van der Waals surface area contributed by atoms with Crippen molar-refractivity contribution in [1.82, 2.24) is 10.6 Å². The maximum atomic E-state index is 3.54. The number of rotatable bonds is 5. The van der Waals surface area contributed by atoms with Gasteiger partial charge in [-0.1, -0.05) is 6.92 Å². The molecule has 1 fully saturated rings. The zero-order valence-corrected chi connectivity index (χ0v) is 9.62. The summed E-state index contributed by atoms with van der Waals surface area (Å²) in [7, 11) is 0. The van der Waals surface area contributed by atoms with E-state index in [2.05, 4.69) is 23.8 Å². The molecule has 0 saturated carbocycles. The summed E-state index contributed by atoms with van der Waals surface area (Å²) in [6, 6.07) is 0. The van der Waals surface area contributed by atoms with Gasteiger partial charge in [-0.05, 0) is 44.6 Å². The Labute approximate surface area is 86.2 Å². The number of hydrogen-bond donors (Lipinski definition) is 2. The van der Waals surface area contributed by atoms with Crippen molar-refractivity contribution in [3.05, 3.63) is 0 Å². The molecule has 2 nitrogen and oxygen atoms in total. The third-order valence-electron chi connectivity index (χ3n) is 2.67. The summed E-state index contributed by atoms with van der Waals surface area (Å²) in [6.07, 6.45) is 4.92. The normalized spacial score (nSPS) is 25.8. The monoisotopic (exact) mass is 202 g/mol. The Balaban J connectivity index is 1.98. The summed E-state index contributed by atoms with van der Waals surface area (Å²) < 4.78 is 0. The van der Waals surface area contributed by atoms with Gasteiger partial charge < -0.3 is 10.6 Å². The molecular formula is C10H22N2S. The van der Waals surface area contributed by atoms with Crippen LogP contribution in [0.3, 0.4) is 0 Å². The van der Waals surface area contributed by atoms with Crippen molar-refractivity contribution >= 4 is 11.8 Å². The van der Waals surface area contributed by atoms with Crippen LogP contribution >= 0.6 is 11.8 Å². The highest BCUT2D eigenvalue weighted by molar-refractivity contribution is 7.99. The lowest BCUT2D eigenvalue weighted by Crippen LogP contribution is -2.37. The minimum absolute atomic E-state index is 0.747. The molecule has 78 valence electrons. The van der Waals surface area contributed by atoms with Crippen LogP contribution in [0.4, 0.5) is 0 Å². The average molecular weight is 202 g/mol. The maximum Gasteiger partial charge on any atom is 0.0141 e. The van der Waals surface area contributed by atoms with E-state index in [-0.39, 0.29) is 0 Å². The van der Waals surface area contributed by atoms with Crippen molar-refractivity contribution in [2.75, 3.05) is 32.4 Å². The Morgan fingerprint density at radius 3 is 3.08 bits per heavy atom. The molecule has 3 heteroatoms. The van der Waals surface area contributed by atoms with Gasteiger partial charge in [0.05, 0.1) is 0 Å². The molecular weight excluding hydrogens is 180 g/mol. The largest absolute Gasteiger partial charge is 0.316 e. The van der Waals surface area contributed by atoms with Crippen LogP contribution in [-0.4, -0.2) is 37.7 Å². The molecule has 1 rings (SSSR count). The van der Waals surface area contributed by atoms with E-state index >= 15 is 0 Å². The van der Waals surface area contributed by atoms with Gasteiger partial charge in [-0.3, -0.25) is 0 Å². The van der Waals surface area contributed by atoms with Crippen LogP contribution in [0, 0.1) is 5.92 Å². The summed E-state index contributed by atoms with van der Waals surface area (Å²) in [6.45, 7) is 7.05. The Kier molecular flexibility index (Phi) is 5.83. The SMILES string of the molecule is CSC(C)CNCC1CCCNC1. The maximum absolute atomic E-state index is 3.54. The van der Waals surface area contributed by atoms with E-state index in [1.807, 2.05) is 11.8 Å². The molecule has 0 aromatic rings. The fourth-order valence-corrected chi connectivity index (χ4v) is 1.96. The lowest BCUT2D eigenvalue weighted by molar-refractivity contribution is 0.361. The summed E-state index contributed by atoms with van der Waals surface area (Å²) in [4.78, 5) is 0. The third kappa shape index (κ3) is 4.89. The minimum Gasteiger partial charge on any atom is -0.316 e. The Morgan fingerprint density at radius 1 is 1.62 bits per heavy atom. The van der Waals surface area contributed by atoms with E-state index in [1.54, 1.807) is 0 Å². The summed E-state index contributed by atoms with van der Waals surface area (Å²) >= 11 is 1.93. The summed E-state index contributed by atoms with van der Waals surface area (Å²) in [5.74, 6) is 0.864. The second-order valence-electron chi connectivity index (χ2n) is 3.92. The van der Waals surface area contributed by atoms with Gasteiger partial charge in [-0.25, -0.2) is 0 Å². The van der Waals surface area contributed by atoms with Gasteiger partial charge in [-0.15, -0.1) is 0 Å². The van der Waals surface area contributed by atoms with Crippen LogP contribution in [0.15, 0.2) is 0 Å². The van der Waals surface area contributed by atoms with E-state index in [0.29, 0.717) is 0 Å². The van der Waals surface area contributed by atoms with Gasteiger partial charge in [0, 0.05) is 11.8 Å². The molecule has 1 aliphatic rings. The van der Waals surface area contributed by atoms with Crippen LogP contribution in [0.5, 0.6) is 0 Å². The number of thioether (sulfide) groups is 1. The Morgan fingerprint density at radius 2 is 2.46 bits per heavy atom. The highest BCUT2D eigenvalue weighted by Gasteiger charge is 2.12. The molecule has 0 amide bonds. The highest BCUT2D eigenvalue weighted by Crippen LogP contribution is 2.09. The number of piperidine rings is 1. The third-order valence-corrected chi connectivity index (χ3v) is 3.64. The molecule has 13 heavy (non-hydrogen) atoms. The van der Waals surface area contributed by atoms with Gasteiger partial charge in [0.1, 0.15) is 0 Å². The molecule has 0 aliphatic carbocycles. The Bertz CT molecular complexity index is 124. The first-order chi connectivity index (χ1) is 6.33. The molecule has 1 saturated heterocycles. The first kappa shape index (κ1) is 11.3. The fourth-order valence-electron chi connectivity index (χ4n) is 1.67. The summed E-state index contributed by atoms with van der Waals surface area (Å²) in [5, 5.41) is 7.73. The van der Waals surface area contributed by atoms with Crippen molar-refractivity contribution in [1.29, 1.82) is 0 Å². The van der Waals surface area contributed by atoms with Crippen molar-refractivity contribution in [3.63, 3.8) is 0 Å². The van der Waals surface area contributed by atoms with Gasteiger partial charge in [0.2, 0.25) is 0 Å². The van der Waals surface area contributed by atoms with Crippen LogP contribution in [-0.2, 0) is 0 Å². The number of hydrogen-bond acceptors (Lipinski definition) is 3. The van der Waals surface area contributed by atoms with Gasteiger partial charge in [-0.2, -0.15) is 11.8 Å². The summed E-state index contributed by atoms with van der Waals surface area (Å²) in [5.41, 5.74) is 0. The second kappa shape index (κ2) is 6.68. The molecule has 2 unspecified atom stereocenters. The zero-order valence-electron chi connectivity index (χ0n) is 8.81. The molecule has 2 N–H and O–H groups in total. The molecule has 1 heterocycles. The topological polar surface area (TPSA) is 24.1 Å². The van der Waals surface area contributed by atoms with Crippen molar-refractivity contribution < 1.29 is 0 Å².